The van der Waals surface area contributed by atoms with Gasteiger partial charge in [-0.15, -0.1) is 11.6 Å². The van der Waals surface area contributed by atoms with Gasteiger partial charge in [-0.1, -0.05) is 0 Å². The number of nitrogens with zero attached hydrogens (tertiary/aromatic N) is 1. The smallest absolute Gasteiger partial charge is 0.226 e. The summed E-state index contributed by atoms with van der Waals surface area (Å²) in [5, 5.41) is 2.76. The molecule has 0 aromatic heterocycles. The number of alkyl halides is 1. The number of carbonyl (C=O) groups is 2. The molecule has 1 aliphatic rings. The summed E-state index contributed by atoms with van der Waals surface area (Å²) < 4.78 is 0. The highest BCUT2D eigenvalue weighted by molar-refractivity contribution is 6.19. The van der Waals surface area contributed by atoms with Crippen molar-refractivity contribution in [3.05, 3.63) is 0 Å². The van der Waals surface area contributed by atoms with E-state index in [0.717, 1.165) is 25.9 Å². The minimum Gasteiger partial charge on any atom is -0.355 e. The van der Waals surface area contributed by atoms with Crippen LogP contribution < -0.4 is 5.32 Å². The second kappa shape index (κ2) is 6.24. The molecule has 0 aromatic carbocycles. The monoisotopic (exact) mass is 260 g/mol. The van der Waals surface area contributed by atoms with Gasteiger partial charge in [0.25, 0.3) is 0 Å². The Hall–Kier alpha value is -0.770. The molecule has 0 bridgehead atoms. The molecule has 1 heterocycles. The second-order valence-corrected chi connectivity index (χ2v) is 5.38. The van der Waals surface area contributed by atoms with Crippen LogP contribution in [0.25, 0.3) is 0 Å². The lowest BCUT2D eigenvalue weighted by molar-refractivity contribution is -0.130. The summed E-state index contributed by atoms with van der Waals surface area (Å²) in [4.78, 5) is 25.2. The van der Waals surface area contributed by atoms with E-state index in [1.54, 1.807) is 13.8 Å². The second-order valence-electron chi connectivity index (χ2n) is 5.11. The first-order valence-corrected chi connectivity index (χ1v) is 6.63. The molecular weight excluding hydrogens is 240 g/mol. The summed E-state index contributed by atoms with van der Waals surface area (Å²) in [5.74, 6) is 0.312. The molecule has 98 valence electrons. The number of likely N-dealkylation sites (tertiary alicyclic amines) is 1. The topological polar surface area (TPSA) is 49.4 Å². The van der Waals surface area contributed by atoms with Gasteiger partial charge in [-0.3, -0.25) is 9.59 Å². The Morgan fingerprint density at radius 1 is 1.29 bits per heavy atom. The fraction of sp³-hybridized carbons (Fsp3) is 0.833. The molecule has 0 aromatic rings. The van der Waals surface area contributed by atoms with Crippen molar-refractivity contribution in [1.82, 2.24) is 10.2 Å². The van der Waals surface area contributed by atoms with Crippen molar-refractivity contribution < 1.29 is 9.59 Å². The Balaban J connectivity index is 2.23. The van der Waals surface area contributed by atoms with Gasteiger partial charge in [0.15, 0.2) is 0 Å². The first-order chi connectivity index (χ1) is 7.97. The number of rotatable bonds is 5. The molecule has 1 aliphatic heterocycles. The van der Waals surface area contributed by atoms with Gasteiger partial charge >= 0.3 is 0 Å². The largest absolute Gasteiger partial charge is 0.355 e. The Morgan fingerprint density at radius 2 is 1.88 bits per heavy atom. The molecular formula is C12H21ClN2O2. The van der Waals surface area contributed by atoms with Crippen LogP contribution in [0.1, 0.15) is 33.1 Å². The summed E-state index contributed by atoms with van der Waals surface area (Å²) in [6.07, 6.45) is 2.57. The maximum atomic E-state index is 11.7. The molecule has 1 fully saturated rings. The van der Waals surface area contributed by atoms with Gasteiger partial charge in [-0.2, -0.15) is 0 Å². The van der Waals surface area contributed by atoms with E-state index in [1.165, 1.54) is 0 Å². The van der Waals surface area contributed by atoms with Crippen LogP contribution in [0.5, 0.6) is 0 Å². The van der Waals surface area contributed by atoms with Crippen LogP contribution >= 0.6 is 11.6 Å². The minimum atomic E-state index is -0.571. The average Bonchev–Trinajstić information content (AvgIpc) is 2.82. The van der Waals surface area contributed by atoms with Crippen molar-refractivity contribution >= 4 is 23.4 Å². The predicted molar refractivity (Wildman–Crippen MR) is 67.9 cm³/mol. The van der Waals surface area contributed by atoms with Crippen LogP contribution in [-0.2, 0) is 9.59 Å². The molecule has 17 heavy (non-hydrogen) atoms. The predicted octanol–water partition coefficient (Wildman–Crippen LogP) is 1.38. The standard InChI is InChI=1S/C12H21ClN2O2/c1-12(2,9-13)11(17)14-6-5-10(16)15-7-3-4-8-15/h3-9H2,1-2H3,(H,14,17). The minimum absolute atomic E-state index is 0.0956. The molecule has 1 saturated heterocycles. The van der Waals surface area contributed by atoms with Crippen LogP contribution in [0.4, 0.5) is 0 Å². The van der Waals surface area contributed by atoms with E-state index in [-0.39, 0.29) is 17.7 Å². The zero-order valence-electron chi connectivity index (χ0n) is 10.6. The molecule has 0 spiro atoms. The fourth-order valence-corrected chi connectivity index (χ4v) is 1.83. The fourth-order valence-electron chi connectivity index (χ4n) is 1.71. The summed E-state index contributed by atoms with van der Waals surface area (Å²) in [6.45, 7) is 5.70. The van der Waals surface area contributed by atoms with Crippen LogP contribution in [0.2, 0.25) is 0 Å². The number of carbonyl (C=O) groups excluding carboxylic acids is 2. The summed E-state index contributed by atoms with van der Waals surface area (Å²) >= 11 is 5.70. The van der Waals surface area contributed by atoms with E-state index in [9.17, 15) is 9.59 Å². The molecule has 0 saturated carbocycles. The normalized spacial score (nSPS) is 16.1. The number of hydrogen-bond acceptors (Lipinski definition) is 2. The number of nitrogens with one attached hydrogen (secondary N) is 1. The molecule has 1 N–H and O–H groups in total. The van der Waals surface area contributed by atoms with E-state index in [0.29, 0.717) is 13.0 Å². The van der Waals surface area contributed by atoms with Gasteiger partial charge in [0.2, 0.25) is 11.8 Å². The van der Waals surface area contributed by atoms with Crippen LogP contribution in [0.15, 0.2) is 0 Å². The Morgan fingerprint density at radius 3 is 2.41 bits per heavy atom. The highest BCUT2D eigenvalue weighted by Gasteiger charge is 2.26. The number of hydrogen-bond donors (Lipinski definition) is 1. The molecule has 0 atom stereocenters. The third-order valence-electron chi connectivity index (χ3n) is 3.03. The van der Waals surface area contributed by atoms with Gasteiger partial charge in [0, 0.05) is 31.9 Å². The highest BCUT2D eigenvalue weighted by Crippen LogP contribution is 2.16. The Bertz CT molecular complexity index is 286. The van der Waals surface area contributed by atoms with Gasteiger partial charge in [-0.05, 0) is 26.7 Å². The zero-order valence-corrected chi connectivity index (χ0v) is 11.3. The van der Waals surface area contributed by atoms with E-state index in [1.807, 2.05) is 4.90 Å². The highest BCUT2D eigenvalue weighted by atomic mass is 35.5. The van der Waals surface area contributed by atoms with E-state index in [2.05, 4.69) is 5.32 Å². The SMILES string of the molecule is CC(C)(CCl)C(=O)NCCC(=O)N1CCCC1. The lowest BCUT2D eigenvalue weighted by atomic mass is 9.95. The lowest BCUT2D eigenvalue weighted by Gasteiger charge is -2.21. The quantitative estimate of drug-likeness (QED) is 0.760. The van der Waals surface area contributed by atoms with Crippen molar-refractivity contribution in [2.24, 2.45) is 5.41 Å². The van der Waals surface area contributed by atoms with E-state index < -0.39 is 5.41 Å². The molecule has 0 aliphatic carbocycles. The third kappa shape index (κ3) is 4.19. The van der Waals surface area contributed by atoms with Gasteiger partial charge in [0.1, 0.15) is 0 Å². The van der Waals surface area contributed by atoms with Crippen molar-refractivity contribution in [1.29, 1.82) is 0 Å². The number of halogens is 1. The van der Waals surface area contributed by atoms with Crippen molar-refractivity contribution in [3.63, 3.8) is 0 Å². The molecule has 0 unspecified atom stereocenters. The molecule has 5 heteroatoms. The Kier molecular flexibility index (Phi) is 5.25. The molecule has 4 nitrogen and oxygen atoms in total. The maximum absolute atomic E-state index is 11.7. The van der Waals surface area contributed by atoms with Crippen molar-refractivity contribution in [2.45, 2.75) is 33.1 Å². The maximum Gasteiger partial charge on any atom is 0.226 e. The summed E-state index contributed by atoms with van der Waals surface area (Å²) in [5.41, 5.74) is -0.571. The van der Waals surface area contributed by atoms with Crippen LogP contribution in [0.3, 0.4) is 0 Å². The summed E-state index contributed by atoms with van der Waals surface area (Å²) in [6, 6.07) is 0. The van der Waals surface area contributed by atoms with Gasteiger partial charge in [-0.25, -0.2) is 0 Å². The average molecular weight is 261 g/mol. The van der Waals surface area contributed by atoms with E-state index in [4.69, 9.17) is 11.6 Å². The first-order valence-electron chi connectivity index (χ1n) is 6.09. The number of amides is 2. The van der Waals surface area contributed by atoms with Crippen molar-refractivity contribution in [2.75, 3.05) is 25.5 Å². The lowest BCUT2D eigenvalue weighted by Crippen LogP contribution is -2.40. The zero-order chi connectivity index (χ0) is 12.9. The van der Waals surface area contributed by atoms with Crippen LogP contribution in [-0.4, -0.2) is 42.2 Å². The van der Waals surface area contributed by atoms with Crippen molar-refractivity contribution in [3.8, 4) is 0 Å². The Labute approximate surface area is 108 Å². The molecule has 0 radical (unpaired) electrons. The molecule has 1 rings (SSSR count). The van der Waals surface area contributed by atoms with Crippen LogP contribution in [0, 0.1) is 5.41 Å². The summed E-state index contributed by atoms with van der Waals surface area (Å²) in [7, 11) is 0. The first kappa shape index (κ1) is 14.3. The third-order valence-corrected chi connectivity index (χ3v) is 3.70. The van der Waals surface area contributed by atoms with E-state index >= 15 is 0 Å². The van der Waals surface area contributed by atoms with Gasteiger partial charge in [0.05, 0.1) is 5.41 Å². The molecule has 2 amide bonds. The van der Waals surface area contributed by atoms with Gasteiger partial charge < -0.3 is 10.2 Å².